The summed E-state index contributed by atoms with van der Waals surface area (Å²) in [6.45, 7) is 2.68. The van der Waals surface area contributed by atoms with Crippen molar-refractivity contribution in [2.45, 2.75) is 31.3 Å². The molecule has 0 aliphatic carbocycles. The normalized spacial score (nSPS) is 12.1. The van der Waals surface area contributed by atoms with Crippen molar-refractivity contribution in [3.05, 3.63) is 93.2 Å². The van der Waals surface area contributed by atoms with Gasteiger partial charge in [-0.2, -0.15) is 0 Å². The highest BCUT2D eigenvalue weighted by atomic mass is 35.5. The van der Waals surface area contributed by atoms with Crippen molar-refractivity contribution < 1.29 is 22.4 Å². The molecule has 0 unspecified atom stereocenters. The van der Waals surface area contributed by atoms with Crippen LogP contribution in [-0.2, 0) is 26.2 Å². The lowest BCUT2D eigenvalue weighted by Gasteiger charge is -2.32. The highest BCUT2D eigenvalue weighted by Crippen LogP contribution is 2.30. The molecule has 0 saturated carbocycles. The highest BCUT2D eigenvalue weighted by Gasteiger charge is 2.33. The molecule has 2 amide bonds. The molecule has 3 rings (SSSR count). The molecule has 0 aliphatic rings. The molecule has 0 saturated heterocycles. The molecule has 38 heavy (non-hydrogen) atoms. The van der Waals surface area contributed by atoms with E-state index in [1.54, 1.807) is 31.2 Å². The van der Waals surface area contributed by atoms with Gasteiger partial charge < -0.3 is 10.2 Å². The third-order valence-electron chi connectivity index (χ3n) is 5.71. The van der Waals surface area contributed by atoms with E-state index in [0.717, 1.165) is 16.4 Å². The summed E-state index contributed by atoms with van der Waals surface area (Å²) in [5, 5.41) is 2.89. The fourth-order valence-corrected chi connectivity index (χ4v) is 5.77. The van der Waals surface area contributed by atoms with Crippen LogP contribution in [0.1, 0.15) is 19.4 Å². The molecule has 3 aromatic carbocycles. The molecule has 0 radical (unpaired) electrons. The lowest BCUT2D eigenvalue weighted by molar-refractivity contribution is -0.139. The summed E-state index contributed by atoms with van der Waals surface area (Å²) < 4.78 is 42.0. The molecular formula is C26H25Cl3FN3O4S. The van der Waals surface area contributed by atoms with Crippen molar-refractivity contribution in [3.63, 3.8) is 0 Å². The van der Waals surface area contributed by atoms with Crippen LogP contribution in [0.3, 0.4) is 0 Å². The molecular weight excluding hydrogens is 576 g/mol. The zero-order valence-corrected chi connectivity index (χ0v) is 23.6. The molecule has 12 heteroatoms. The zero-order valence-electron chi connectivity index (χ0n) is 20.5. The molecule has 0 aromatic heterocycles. The van der Waals surface area contributed by atoms with Crippen LogP contribution < -0.4 is 9.62 Å². The summed E-state index contributed by atoms with van der Waals surface area (Å²) in [5.41, 5.74) is 0.359. The van der Waals surface area contributed by atoms with Crippen LogP contribution in [0.4, 0.5) is 10.1 Å². The predicted octanol–water partition coefficient (Wildman–Crippen LogP) is 5.53. The van der Waals surface area contributed by atoms with Crippen molar-refractivity contribution in [3.8, 4) is 0 Å². The van der Waals surface area contributed by atoms with Gasteiger partial charge in [0, 0.05) is 28.7 Å². The van der Waals surface area contributed by atoms with E-state index in [0.29, 0.717) is 12.1 Å². The van der Waals surface area contributed by atoms with Gasteiger partial charge in [-0.1, -0.05) is 59.1 Å². The molecule has 0 aliphatic heterocycles. The second-order valence-electron chi connectivity index (χ2n) is 8.22. The number of carbonyl (C=O) groups excluding carboxylic acids is 2. The average molecular weight is 601 g/mol. The average Bonchev–Trinajstić information content (AvgIpc) is 2.89. The molecule has 7 nitrogen and oxygen atoms in total. The minimum atomic E-state index is -4.31. The van der Waals surface area contributed by atoms with Gasteiger partial charge in [0.15, 0.2) is 0 Å². The maximum Gasteiger partial charge on any atom is 0.264 e. The monoisotopic (exact) mass is 599 g/mol. The molecule has 0 spiro atoms. The predicted molar refractivity (Wildman–Crippen MR) is 148 cm³/mol. The maximum absolute atomic E-state index is 13.9. The van der Waals surface area contributed by atoms with E-state index in [4.69, 9.17) is 34.8 Å². The van der Waals surface area contributed by atoms with Crippen LogP contribution in [0.5, 0.6) is 0 Å². The second-order valence-corrected chi connectivity index (χ2v) is 11.3. The number of hydrogen-bond donors (Lipinski definition) is 1. The third-order valence-corrected chi connectivity index (χ3v) is 8.50. The van der Waals surface area contributed by atoms with Crippen molar-refractivity contribution in [2.24, 2.45) is 0 Å². The van der Waals surface area contributed by atoms with Gasteiger partial charge in [0.2, 0.25) is 11.8 Å². The van der Waals surface area contributed by atoms with Gasteiger partial charge in [0.05, 0.1) is 15.6 Å². The van der Waals surface area contributed by atoms with Gasteiger partial charge in [0.1, 0.15) is 18.4 Å². The van der Waals surface area contributed by atoms with Gasteiger partial charge in [0.25, 0.3) is 10.0 Å². The fraction of sp³-hybridized carbons (Fsp3) is 0.231. The third kappa shape index (κ3) is 6.77. The number of nitrogens with zero attached hydrogens (tertiary/aromatic N) is 2. The first kappa shape index (κ1) is 29.7. The van der Waals surface area contributed by atoms with Gasteiger partial charge in [-0.3, -0.25) is 13.9 Å². The summed E-state index contributed by atoms with van der Waals surface area (Å²) in [7, 11) is -4.31. The number of nitrogens with one attached hydrogen (secondary N) is 1. The summed E-state index contributed by atoms with van der Waals surface area (Å²) in [6, 6.07) is 14.6. The Labute approximate surface area is 236 Å². The number of amides is 2. The number of sulfonamides is 1. The smallest absolute Gasteiger partial charge is 0.264 e. The zero-order chi connectivity index (χ0) is 28.0. The van der Waals surface area contributed by atoms with Crippen molar-refractivity contribution in [1.82, 2.24) is 10.2 Å². The minimum Gasteiger partial charge on any atom is -0.355 e. The number of benzene rings is 3. The topological polar surface area (TPSA) is 86.8 Å². The minimum absolute atomic E-state index is 0.0324. The van der Waals surface area contributed by atoms with Crippen LogP contribution >= 0.6 is 34.8 Å². The van der Waals surface area contributed by atoms with Crippen molar-refractivity contribution >= 4 is 62.3 Å². The van der Waals surface area contributed by atoms with E-state index in [-0.39, 0.29) is 32.2 Å². The van der Waals surface area contributed by atoms with Gasteiger partial charge in [-0.15, -0.1) is 0 Å². The fourth-order valence-electron chi connectivity index (χ4n) is 3.65. The van der Waals surface area contributed by atoms with Crippen molar-refractivity contribution in [2.75, 3.05) is 17.4 Å². The molecule has 202 valence electrons. The first-order valence-corrected chi connectivity index (χ1v) is 14.1. The Hall–Kier alpha value is -2.85. The lowest BCUT2D eigenvalue weighted by Crippen LogP contribution is -2.51. The van der Waals surface area contributed by atoms with Crippen LogP contribution in [-0.4, -0.2) is 44.3 Å². The SMILES string of the molecule is CCNC(=O)[C@@H](C)N(Cc1c(Cl)cccc1Cl)C(=O)CN(c1ccc(F)c(Cl)c1)S(=O)(=O)c1ccccc1. The Morgan fingerprint density at radius 3 is 2.16 bits per heavy atom. The number of anilines is 1. The summed E-state index contributed by atoms with van der Waals surface area (Å²) in [5.74, 6) is -1.93. The molecule has 3 aromatic rings. The van der Waals surface area contributed by atoms with Crippen LogP contribution in [0.15, 0.2) is 71.6 Å². The number of likely N-dealkylation sites (N-methyl/N-ethyl adjacent to an activating group) is 1. The number of hydrogen-bond acceptors (Lipinski definition) is 4. The standard InChI is InChI=1S/C26H25Cl3FN3O4S/c1-3-31-26(35)17(2)32(15-20-21(27)10-7-11-22(20)28)25(34)16-33(18-12-13-24(30)23(29)14-18)38(36,37)19-8-5-4-6-9-19/h4-14,17H,3,15-16H2,1-2H3,(H,31,35)/t17-/m1/s1. The molecule has 0 bridgehead atoms. The molecule has 1 atom stereocenters. The van der Waals surface area contributed by atoms with Gasteiger partial charge in [-0.25, -0.2) is 12.8 Å². The Balaban J connectivity index is 2.08. The lowest BCUT2D eigenvalue weighted by atomic mass is 10.1. The second kappa shape index (κ2) is 12.8. The quantitative estimate of drug-likeness (QED) is 0.331. The summed E-state index contributed by atoms with van der Waals surface area (Å²) in [4.78, 5) is 27.6. The largest absolute Gasteiger partial charge is 0.355 e. The molecule has 0 fully saturated rings. The Kier molecular flexibility index (Phi) is 10.0. The number of carbonyl (C=O) groups is 2. The van der Waals surface area contributed by atoms with E-state index >= 15 is 0 Å². The Morgan fingerprint density at radius 2 is 1.58 bits per heavy atom. The van der Waals surface area contributed by atoms with Crippen molar-refractivity contribution in [1.29, 1.82) is 0 Å². The maximum atomic E-state index is 13.9. The molecule has 0 heterocycles. The number of rotatable bonds is 10. The van der Waals surface area contributed by atoms with Crippen LogP contribution in [0, 0.1) is 5.82 Å². The Morgan fingerprint density at radius 1 is 0.947 bits per heavy atom. The van der Waals surface area contributed by atoms with E-state index in [1.807, 2.05) is 0 Å². The van der Waals surface area contributed by atoms with Gasteiger partial charge >= 0.3 is 0 Å². The van der Waals surface area contributed by atoms with E-state index in [2.05, 4.69) is 5.32 Å². The highest BCUT2D eigenvalue weighted by molar-refractivity contribution is 7.92. The van der Waals surface area contributed by atoms with Crippen LogP contribution in [0.2, 0.25) is 15.1 Å². The van der Waals surface area contributed by atoms with E-state index in [1.165, 1.54) is 42.2 Å². The number of halogens is 4. The van der Waals surface area contributed by atoms with Crippen LogP contribution in [0.25, 0.3) is 0 Å². The van der Waals surface area contributed by atoms with E-state index in [9.17, 15) is 22.4 Å². The Bertz CT molecular complexity index is 1400. The first-order chi connectivity index (χ1) is 18.0. The van der Waals surface area contributed by atoms with Gasteiger partial charge in [-0.05, 0) is 56.3 Å². The first-order valence-electron chi connectivity index (χ1n) is 11.5. The van der Waals surface area contributed by atoms with E-state index < -0.39 is 40.2 Å². The summed E-state index contributed by atoms with van der Waals surface area (Å²) >= 11 is 18.6. The molecule has 1 N–H and O–H groups in total. The summed E-state index contributed by atoms with van der Waals surface area (Å²) in [6.07, 6.45) is 0.